The minimum atomic E-state index is -0.617. The van der Waals surface area contributed by atoms with Gasteiger partial charge in [0.05, 0.1) is 10.7 Å². The maximum Gasteiger partial charge on any atom is 0.251 e. The number of amides is 1. The SMILES string of the molecule is Cc1oc(-c2ccccc2)nc1CCNC(=O)c1ccc(Cl)c(F)c1. The van der Waals surface area contributed by atoms with Gasteiger partial charge in [-0.25, -0.2) is 9.37 Å². The van der Waals surface area contributed by atoms with Crippen LogP contribution in [0.4, 0.5) is 4.39 Å². The Hall–Kier alpha value is -2.66. The number of oxazole rings is 1. The molecule has 0 saturated carbocycles. The lowest BCUT2D eigenvalue weighted by Gasteiger charge is -2.05. The lowest BCUT2D eigenvalue weighted by atomic mass is 10.2. The fourth-order valence-corrected chi connectivity index (χ4v) is 2.52. The van der Waals surface area contributed by atoms with Crippen LogP contribution in [0.15, 0.2) is 52.9 Å². The molecule has 1 aromatic heterocycles. The van der Waals surface area contributed by atoms with E-state index in [4.69, 9.17) is 16.0 Å². The molecule has 128 valence electrons. The van der Waals surface area contributed by atoms with E-state index in [0.717, 1.165) is 17.3 Å². The van der Waals surface area contributed by atoms with Crippen LogP contribution in [0.2, 0.25) is 5.02 Å². The first-order valence-electron chi connectivity index (χ1n) is 7.79. The van der Waals surface area contributed by atoms with Crippen LogP contribution in [-0.4, -0.2) is 17.4 Å². The Bertz CT molecular complexity index is 894. The largest absolute Gasteiger partial charge is 0.441 e. The normalized spacial score (nSPS) is 10.7. The standard InChI is InChI=1S/C19H16ClFN2O2/c1-12-17(23-19(25-12)13-5-3-2-4-6-13)9-10-22-18(24)14-7-8-15(20)16(21)11-14/h2-8,11H,9-10H2,1H3,(H,22,24). The van der Waals surface area contributed by atoms with Crippen LogP contribution in [0.25, 0.3) is 11.5 Å². The molecule has 1 amide bonds. The van der Waals surface area contributed by atoms with Crippen LogP contribution >= 0.6 is 11.6 Å². The molecule has 0 unspecified atom stereocenters. The van der Waals surface area contributed by atoms with E-state index in [1.807, 2.05) is 37.3 Å². The molecule has 0 aliphatic rings. The number of hydrogen-bond acceptors (Lipinski definition) is 3. The Balaban J connectivity index is 1.61. The Morgan fingerprint density at radius 2 is 2.00 bits per heavy atom. The molecule has 0 aliphatic carbocycles. The summed E-state index contributed by atoms with van der Waals surface area (Å²) in [7, 11) is 0. The van der Waals surface area contributed by atoms with E-state index < -0.39 is 5.82 Å². The third kappa shape index (κ3) is 4.06. The summed E-state index contributed by atoms with van der Waals surface area (Å²) in [6.07, 6.45) is 0.518. The Labute approximate surface area is 149 Å². The van der Waals surface area contributed by atoms with Gasteiger partial charge in [-0.05, 0) is 37.3 Å². The fourth-order valence-electron chi connectivity index (χ4n) is 2.40. The van der Waals surface area contributed by atoms with Gasteiger partial charge in [0.1, 0.15) is 11.6 Å². The minimum absolute atomic E-state index is 0.0109. The number of halogens is 2. The van der Waals surface area contributed by atoms with Crippen LogP contribution < -0.4 is 5.32 Å². The maximum absolute atomic E-state index is 13.4. The summed E-state index contributed by atoms with van der Waals surface area (Å²) in [5.41, 5.74) is 1.91. The maximum atomic E-state index is 13.4. The molecule has 0 spiro atoms. The second-order valence-corrected chi connectivity index (χ2v) is 5.93. The van der Waals surface area contributed by atoms with Gasteiger partial charge < -0.3 is 9.73 Å². The van der Waals surface area contributed by atoms with Gasteiger partial charge in [0.2, 0.25) is 5.89 Å². The Kier molecular flexibility index (Phi) is 5.14. The topological polar surface area (TPSA) is 55.1 Å². The number of rotatable bonds is 5. The summed E-state index contributed by atoms with van der Waals surface area (Å²) in [6.45, 7) is 2.20. The number of aromatic nitrogens is 1. The molecule has 6 heteroatoms. The van der Waals surface area contributed by atoms with Crippen molar-refractivity contribution in [1.29, 1.82) is 0 Å². The highest BCUT2D eigenvalue weighted by Crippen LogP contribution is 2.21. The second kappa shape index (κ2) is 7.49. The van der Waals surface area contributed by atoms with Gasteiger partial charge in [0.25, 0.3) is 5.91 Å². The minimum Gasteiger partial charge on any atom is -0.441 e. The molecule has 0 atom stereocenters. The first kappa shape index (κ1) is 17.2. The highest BCUT2D eigenvalue weighted by Gasteiger charge is 2.12. The van der Waals surface area contributed by atoms with Crippen molar-refractivity contribution in [3.05, 3.63) is 76.4 Å². The van der Waals surface area contributed by atoms with E-state index in [0.29, 0.717) is 24.6 Å². The molecule has 2 aromatic carbocycles. The van der Waals surface area contributed by atoms with Crippen molar-refractivity contribution in [2.45, 2.75) is 13.3 Å². The van der Waals surface area contributed by atoms with Crippen molar-refractivity contribution < 1.29 is 13.6 Å². The number of carbonyl (C=O) groups excluding carboxylic acids is 1. The summed E-state index contributed by atoms with van der Waals surface area (Å²) >= 11 is 5.61. The fraction of sp³-hybridized carbons (Fsp3) is 0.158. The van der Waals surface area contributed by atoms with Crippen molar-refractivity contribution in [3.8, 4) is 11.5 Å². The second-order valence-electron chi connectivity index (χ2n) is 5.52. The summed E-state index contributed by atoms with van der Waals surface area (Å²) in [4.78, 5) is 16.5. The van der Waals surface area contributed by atoms with Crippen molar-refractivity contribution in [2.75, 3.05) is 6.54 Å². The molecule has 25 heavy (non-hydrogen) atoms. The van der Waals surface area contributed by atoms with E-state index >= 15 is 0 Å². The zero-order valence-electron chi connectivity index (χ0n) is 13.6. The number of nitrogens with zero attached hydrogens (tertiary/aromatic N) is 1. The number of nitrogens with one attached hydrogen (secondary N) is 1. The lowest BCUT2D eigenvalue weighted by Crippen LogP contribution is -2.26. The lowest BCUT2D eigenvalue weighted by molar-refractivity contribution is 0.0953. The van der Waals surface area contributed by atoms with E-state index in [2.05, 4.69) is 10.3 Å². The van der Waals surface area contributed by atoms with E-state index in [9.17, 15) is 9.18 Å². The molecule has 0 bridgehead atoms. The third-order valence-electron chi connectivity index (χ3n) is 3.74. The van der Waals surface area contributed by atoms with Crippen LogP contribution in [0.1, 0.15) is 21.8 Å². The van der Waals surface area contributed by atoms with Crippen molar-refractivity contribution in [3.63, 3.8) is 0 Å². The predicted octanol–water partition coefficient (Wildman–Crippen LogP) is 4.42. The van der Waals surface area contributed by atoms with Crippen LogP contribution in [-0.2, 0) is 6.42 Å². The number of carbonyl (C=O) groups is 1. The Morgan fingerprint density at radius 1 is 1.24 bits per heavy atom. The molecule has 3 aromatic rings. The van der Waals surface area contributed by atoms with Gasteiger partial charge in [-0.1, -0.05) is 29.8 Å². The van der Waals surface area contributed by atoms with Crippen LogP contribution in [0, 0.1) is 12.7 Å². The average Bonchev–Trinajstić information content (AvgIpc) is 2.99. The smallest absolute Gasteiger partial charge is 0.251 e. The van der Waals surface area contributed by atoms with Gasteiger partial charge in [0, 0.05) is 24.1 Å². The molecule has 0 saturated heterocycles. The van der Waals surface area contributed by atoms with Gasteiger partial charge in [-0.3, -0.25) is 4.79 Å². The Morgan fingerprint density at radius 3 is 2.72 bits per heavy atom. The number of aryl methyl sites for hydroxylation is 1. The number of benzene rings is 2. The van der Waals surface area contributed by atoms with E-state index in [-0.39, 0.29) is 16.5 Å². The van der Waals surface area contributed by atoms with Crippen molar-refractivity contribution in [1.82, 2.24) is 10.3 Å². The predicted molar refractivity (Wildman–Crippen MR) is 94.1 cm³/mol. The van der Waals surface area contributed by atoms with Crippen molar-refractivity contribution >= 4 is 17.5 Å². The van der Waals surface area contributed by atoms with E-state index in [1.54, 1.807) is 0 Å². The van der Waals surface area contributed by atoms with Gasteiger partial charge in [0.15, 0.2) is 0 Å². The van der Waals surface area contributed by atoms with Crippen LogP contribution in [0.3, 0.4) is 0 Å². The molecule has 4 nitrogen and oxygen atoms in total. The third-order valence-corrected chi connectivity index (χ3v) is 4.05. The molecular weight excluding hydrogens is 343 g/mol. The van der Waals surface area contributed by atoms with Gasteiger partial charge in [-0.15, -0.1) is 0 Å². The summed E-state index contributed by atoms with van der Waals surface area (Å²) < 4.78 is 19.1. The first-order valence-corrected chi connectivity index (χ1v) is 8.17. The zero-order valence-corrected chi connectivity index (χ0v) is 14.3. The molecule has 1 heterocycles. The highest BCUT2D eigenvalue weighted by atomic mass is 35.5. The van der Waals surface area contributed by atoms with Crippen molar-refractivity contribution in [2.24, 2.45) is 0 Å². The van der Waals surface area contributed by atoms with E-state index in [1.165, 1.54) is 12.1 Å². The highest BCUT2D eigenvalue weighted by molar-refractivity contribution is 6.30. The number of hydrogen-bond donors (Lipinski definition) is 1. The molecule has 3 rings (SSSR count). The van der Waals surface area contributed by atoms with Gasteiger partial charge in [-0.2, -0.15) is 0 Å². The summed E-state index contributed by atoms with van der Waals surface area (Å²) in [5.74, 6) is 0.291. The van der Waals surface area contributed by atoms with Crippen LogP contribution in [0.5, 0.6) is 0 Å². The summed E-state index contributed by atoms with van der Waals surface area (Å²) in [6, 6.07) is 13.6. The average molecular weight is 359 g/mol. The molecular formula is C19H16ClFN2O2. The summed E-state index contributed by atoms with van der Waals surface area (Å²) in [5, 5.41) is 2.73. The monoisotopic (exact) mass is 358 g/mol. The first-order chi connectivity index (χ1) is 12.0. The molecule has 1 N–H and O–H groups in total. The van der Waals surface area contributed by atoms with Gasteiger partial charge >= 0.3 is 0 Å². The zero-order chi connectivity index (χ0) is 17.8. The molecule has 0 aliphatic heterocycles. The molecule has 0 radical (unpaired) electrons. The quantitative estimate of drug-likeness (QED) is 0.734. The molecule has 0 fully saturated rings.